The zero-order valence-corrected chi connectivity index (χ0v) is 12.3. The summed E-state index contributed by atoms with van der Waals surface area (Å²) < 4.78 is 11.1. The zero-order valence-electron chi connectivity index (χ0n) is 12.3. The third-order valence-corrected chi connectivity index (χ3v) is 2.28. The predicted octanol–water partition coefficient (Wildman–Crippen LogP) is 2.99. The topological polar surface area (TPSA) is 30.5 Å². The van der Waals surface area contributed by atoms with Gasteiger partial charge in [0.2, 0.25) is 0 Å². The Bertz CT molecular complexity index is 164. The second-order valence-corrected chi connectivity index (χ2v) is 5.74. The van der Waals surface area contributed by atoms with Gasteiger partial charge in [0.15, 0.2) is 0 Å². The molecule has 3 nitrogen and oxygen atoms in total. The minimum Gasteiger partial charge on any atom is -0.379 e. The molecule has 0 rings (SSSR count). The molecule has 0 radical (unpaired) electrons. The summed E-state index contributed by atoms with van der Waals surface area (Å²) in [5.74, 6) is 0. The van der Waals surface area contributed by atoms with E-state index >= 15 is 0 Å². The van der Waals surface area contributed by atoms with Crippen LogP contribution >= 0.6 is 0 Å². The van der Waals surface area contributed by atoms with Crippen LogP contribution in [0.25, 0.3) is 0 Å². The number of unbranched alkanes of at least 4 members (excludes halogenated alkanes) is 2. The van der Waals surface area contributed by atoms with Crippen molar-refractivity contribution in [2.24, 2.45) is 0 Å². The summed E-state index contributed by atoms with van der Waals surface area (Å²) in [5.41, 5.74) is -0.0497. The Labute approximate surface area is 107 Å². The van der Waals surface area contributed by atoms with E-state index in [0.717, 1.165) is 19.6 Å². The van der Waals surface area contributed by atoms with Crippen molar-refractivity contribution in [2.45, 2.75) is 65.5 Å². The van der Waals surface area contributed by atoms with E-state index in [1.165, 1.54) is 12.8 Å². The van der Waals surface area contributed by atoms with Crippen molar-refractivity contribution in [2.75, 3.05) is 26.4 Å². The Morgan fingerprint density at radius 2 is 1.65 bits per heavy atom. The van der Waals surface area contributed by atoms with Gasteiger partial charge in [-0.2, -0.15) is 0 Å². The van der Waals surface area contributed by atoms with Gasteiger partial charge >= 0.3 is 0 Å². The van der Waals surface area contributed by atoms with Gasteiger partial charge in [-0.1, -0.05) is 13.8 Å². The van der Waals surface area contributed by atoms with Crippen molar-refractivity contribution in [1.29, 1.82) is 0 Å². The van der Waals surface area contributed by atoms with Crippen LogP contribution < -0.4 is 5.32 Å². The number of rotatable bonds is 10. The smallest absolute Gasteiger partial charge is 0.0707 e. The highest BCUT2D eigenvalue weighted by Gasteiger charge is 2.08. The van der Waals surface area contributed by atoms with E-state index < -0.39 is 0 Å². The van der Waals surface area contributed by atoms with Gasteiger partial charge < -0.3 is 14.8 Å². The highest BCUT2D eigenvalue weighted by molar-refractivity contribution is 4.58. The summed E-state index contributed by atoms with van der Waals surface area (Å²) in [6, 6.07) is 0.598. The molecule has 0 fully saturated rings. The van der Waals surface area contributed by atoms with E-state index in [-0.39, 0.29) is 5.60 Å². The molecule has 0 aromatic heterocycles. The number of hydrogen-bond donors (Lipinski definition) is 1. The van der Waals surface area contributed by atoms with Gasteiger partial charge in [-0.25, -0.2) is 0 Å². The van der Waals surface area contributed by atoms with Gasteiger partial charge in [-0.3, -0.25) is 0 Å². The molecule has 0 unspecified atom stereocenters. The summed E-state index contributed by atoms with van der Waals surface area (Å²) >= 11 is 0. The third kappa shape index (κ3) is 15.9. The lowest BCUT2D eigenvalue weighted by Crippen LogP contribution is -2.23. The first-order chi connectivity index (χ1) is 7.92. The second kappa shape index (κ2) is 9.86. The summed E-state index contributed by atoms with van der Waals surface area (Å²) in [6.07, 6.45) is 3.62. The van der Waals surface area contributed by atoms with E-state index in [2.05, 4.69) is 39.9 Å². The lowest BCUT2D eigenvalue weighted by Gasteiger charge is -2.19. The van der Waals surface area contributed by atoms with Crippen LogP contribution in [0.3, 0.4) is 0 Å². The van der Waals surface area contributed by atoms with Crippen LogP contribution in [0.5, 0.6) is 0 Å². The third-order valence-electron chi connectivity index (χ3n) is 2.28. The minimum absolute atomic E-state index is 0.0497. The van der Waals surface area contributed by atoms with Gasteiger partial charge in [-0.15, -0.1) is 0 Å². The molecule has 0 aliphatic rings. The monoisotopic (exact) mass is 245 g/mol. The van der Waals surface area contributed by atoms with Crippen molar-refractivity contribution in [3.8, 4) is 0 Å². The Hall–Kier alpha value is -0.120. The minimum atomic E-state index is -0.0497. The quantitative estimate of drug-likeness (QED) is 0.600. The summed E-state index contributed by atoms with van der Waals surface area (Å²) in [7, 11) is 0. The van der Waals surface area contributed by atoms with E-state index in [9.17, 15) is 0 Å². The van der Waals surface area contributed by atoms with E-state index in [0.29, 0.717) is 19.3 Å². The Morgan fingerprint density at radius 1 is 0.941 bits per heavy atom. The largest absolute Gasteiger partial charge is 0.379 e. The van der Waals surface area contributed by atoms with E-state index in [1.54, 1.807) is 0 Å². The van der Waals surface area contributed by atoms with Crippen molar-refractivity contribution >= 4 is 0 Å². The maximum atomic E-state index is 5.57. The molecule has 0 amide bonds. The lowest BCUT2D eigenvalue weighted by atomic mass is 10.2. The molecule has 104 valence electrons. The van der Waals surface area contributed by atoms with Crippen LogP contribution in [0.4, 0.5) is 0 Å². The molecular formula is C14H31NO2. The molecule has 0 heterocycles. The highest BCUT2D eigenvalue weighted by Crippen LogP contribution is 2.05. The first-order valence-electron chi connectivity index (χ1n) is 6.87. The van der Waals surface area contributed by atoms with Gasteiger partial charge in [-0.05, 0) is 46.6 Å². The van der Waals surface area contributed by atoms with Crippen molar-refractivity contribution in [3.63, 3.8) is 0 Å². The van der Waals surface area contributed by atoms with Crippen LogP contribution in [0.1, 0.15) is 53.9 Å². The van der Waals surface area contributed by atoms with E-state index in [1.807, 2.05) is 0 Å². The fraction of sp³-hybridized carbons (Fsp3) is 1.00. The predicted molar refractivity (Wildman–Crippen MR) is 73.5 cm³/mol. The van der Waals surface area contributed by atoms with Crippen LogP contribution in [0.2, 0.25) is 0 Å². The summed E-state index contributed by atoms with van der Waals surface area (Å²) in [5, 5.41) is 3.41. The second-order valence-electron chi connectivity index (χ2n) is 5.74. The molecule has 17 heavy (non-hydrogen) atoms. The maximum absolute atomic E-state index is 5.57. The van der Waals surface area contributed by atoms with Gasteiger partial charge in [0.1, 0.15) is 0 Å². The zero-order chi connectivity index (χ0) is 13.1. The van der Waals surface area contributed by atoms with Gasteiger partial charge in [0.25, 0.3) is 0 Å². The van der Waals surface area contributed by atoms with Crippen LogP contribution in [0, 0.1) is 0 Å². The molecule has 0 aliphatic carbocycles. The van der Waals surface area contributed by atoms with Crippen molar-refractivity contribution in [3.05, 3.63) is 0 Å². The summed E-state index contributed by atoms with van der Waals surface area (Å²) in [4.78, 5) is 0. The molecule has 3 heteroatoms. The average Bonchev–Trinajstić information content (AvgIpc) is 2.18. The molecule has 0 aromatic carbocycles. The standard InChI is InChI=1S/C14H31NO2/c1-13(2)15-9-7-6-8-10-16-11-12-17-14(3,4)5/h13,15H,6-12H2,1-5H3. The molecule has 0 spiro atoms. The number of nitrogens with one attached hydrogen (secondary N) is 1. The lowest BCUT2D eigenvalue weighted by molar-refractivity contribution is -0.0351. The SMILES string of the molecule is CC(C)NCCCCCOCCOC(C)(C)C. The highest BCUT2D eigenvalue weighted by atomic mass is 16.5. The van der Waals surface area contributed by atoms with Crippen molar-refractivity contribution < 1.29 is 9.47 Å². The first kappa shape index (κ1) is 16.9. The molecule has 0 bridgehead atoms. The molecule has 0 aromatic rings. The fourth-order valence-electron chi connectivity index (χ4n) is 1.41. The van der Waals surface area contributed by atoms with E-state index in [4.69, 9.17) is 9.47 Å². The fourth-order valence-corrected chi connectivity index (χ4v) is 1.41. The van der Waals surface area contributed by atoms with Crippen molar-refractivity contribution in [1.82, 2.24) is 5.32 Å². The molecule has 0 atom stereocenters. The van der Waals surface area contributed by atoms with Crippen LogP contribution in [-0.2, 0) is 9.47 Å². The van der Waals surface area contributed by atoms with Crippen LogP contribution in [-0.4, -0.2) is 38.0 Å². The van der Waals surface area contributed by atoms with Crippen LogP contribution in [0.15, 0.2) is 0 Å². The Balaban J connectivity index is 3.04. The summed E-state index contributed by atoms with van der Waals surface area (Å²) in [6.45, 7) is 13.9. The average molecular weight is 245 g/mol. The van der Waals surface area contributed by atoms with Gasteiger partial charge in [0, 0.05) is 12.6 Å². The molecule has 0 saturated heterocycles. The molecule has 1 N–H and O–H groups in total. The Morgan fingerprint density at radius 3 is 2.24 bits per heavy atom. The molecule has 0 aliphatic heterocycles. The number of hydrogen-bond acceptors (Lipinski definition) is 3. The Kier molecular flexibility index (Phi) is 9.79. The maximum Gasteiger partial charge on any atom is 0.0707 e. The number of ether oxygens (including phenoxy) is 2. The molecule has 0 saturated carbocycles. The van der Waals surface area contributed by atoms with Gasteiger partial charge in [0.05, 0.1) is 18.8 Å². The first-order valence-corrected chi connectivity index (χ1v) is 6.87. The molecular weight excluding hydrogens is 214 g/mol. The normalized spacial score (nSPS) is 12.4.